The van der Waals surface area contributed by atoms with Crippen LogP contribution in [-0.4, -0.2) is 51.9 Å². The molecule has 6 rings (SSSR count). The summed E-state index contributed by atoms with van der Waals surface area (Å²) < 4.78 is 6.54. The Labute approximate surface area is 216 Å². The molecule has 2 saturated heterocycles. The number of benzene rings is 2. The van der Waals surface area contributed by atoms with Crippen LogP contribution >= 0.6 is 11.3 Å². The minimum Gasteiger partial charge on any atom is -0.393 e. The van der Waals surface area contributed by atoms with Gasteiger partial charge in [-0.1, -0.05) is 54.6 Å². The smallest absolute Gasteiger partial charge is 0.148 e. The lowest BCUT2D eigenvalue weighted by Gasteiger charge is -2.37. The van der Waals surface area contributed by atoms with E-state index >= 15 is 0 Å². The summed E-state index contributed by atoms with van der Waals surface area (Å²) in [7, 11) is 1.72. The van der Waals surface area contributed by atoms with Crippen molar-refractivity contribution < 1.29 is 9.84 Å². The average molecular weight is 501 g/mol. The number of piperidine rings is 1. The molecule has 4 aromatic rings. The monoisotopic (exact) mass is 500 g/mol. The first-order valence-corrected chi connectivity index (χ1v) is 13.6. The van der Waals surface area contributed by atoms with Crippen molar-refractivity contribution in [3.63, 3.8) is 0 Å². The first-order chi connectivity index (χ1) is 17.7. The third-order valence-electron chi connectivity index (χ3n) is 7.62. The number of nitrogens with zero attached hydrogens (tertiary/aromatic N) is 3. The molecule has 36 heavy (non-hydrogen) atoms. The van der Waals surface area contributed by atoms with Crippen LogP contribution in [0.25, 0.3) is 20.7 Å². The summed E-state index contributed by atoms with van der Waals surface area (Å²) in [6, 6.07) is 22.5. The maximum Gasteiger partial charge on any atom is 0.148 e. The number of nitrogens with one attached hydrogen (secondary N) is 1. The number of fused-ring (bicyclic) bond motifs is 3. The topological polar surface area (TPSA) is 70.5 Å². The number of hydrogen-bond donors (Lipinski definition) is 2. The van der Waals surface area contributed by atoms with Crippen molar-refractivity contribution in [3.8, 4) is 10.4 Å². The molecule has 2 bridgehead atoms. The van der Waals surface area contributed by atoms with Gasteiger partial charge in [0.15, 0.2) is 0 Å². The van der Waals surface area contributed by atoms with Crippen molar-refractivity contribution in [1.82, 2.24) is 14.9 Å². The van der Waals surface area contributed by atoms with Gasteiger partial charge in [0.1, 0.15) is 12.1 Å². The van der Waals surface area contributed by atoms with E-state index in [1.54, 1.807) is 24.8 Å². The summed E-state index contributed by atoms with van der Waals surface area (Å²) in [6.07, 6.45) is 5.78. The largest absolute Gasteiger partial charge is 0.393 e. The van der Waals surface area contributed by atoms with Crippen molar-refractivity contribution in [2.45, 2.75) is 56.5 Å². The Hall–Kier alpha value is -2.84. The number of aliphatic hydroxyl groups excluding tert-OH is 1. The average Bonchev–Trinajstić information content (AvgIpc) is 3.44. The molecule has 0 amide bonds. The van der Waals surface area contributed by atoms with Crippen LogP contribution in [0.4, 0.5) is 5.82 Å². The number of ether oxygens (including phenoxy) is 1. The highest BCUT2D eigenvalue weighted by Crippen LogP contribution is 2.39. The fourth-order valence-corrected chi connectivity index (χ4v) is 6.90. The number of methoxy groups -OCH3 is 1. The van der Waals surface area contributed by atoms with Gasteiger partial charge < -0.3 is 15.2 Å². The zero-order chi connectivity index (χ0) is 24.5. The van der Waals surface area contributed by atoms with E-state index in [0.29, 0.717) is 18.7 Å². The summed E-state index contributed by atoms with van der Waals surface area (Å²) in [6.45, 7) is 1.52. The standard InChI is InChI=1S/C29H32N4O2S/c1-35-17-26(20-5-3-2-4-6-20)32-29-28-25(30-18-31-29)15-27(36-28)21-9-7-19(8-10-21)16-33-22-11-12-23(33)14-24(34)13-22/h2-10,15,18,22-24,26,34H,11-14,16-17H2,1H3,(H,30,31,32)/t22?,23?,24?,26-/m1/s1. The molecule has 2 unspecified atom stereocenters. The van der Waals surface area contributed by atoms with Crippen LogP contribution in [0.15, 0.2) is 67.0 Å². The van der Waals surface area contributed by atoms with Gasteiger partial charge in [-0.05, 0) is 48.4 Å². The first-order valence-electron chi connectivity index (χ1n) is 12.8. The first kappa shape index (κ1) is 23.6. The molecule has 7 heteroatoms. The quantitative estimate of drug-likeness (QED) is 0.326. The molecule has 0 saturated carbocycles. The lowest BCUT2D eigenvalue weighted by molar-refractivity contribution is 0.0310. The van der Waals surface area contributed by atoms with E-state index in [4.69, 9.17) is 4.74 Å². The Bertz CT molecular complexity index is 1300. The molecule has 3 atom stereocenters. The Balaban J connectivity index is 1.21. The highest BCUT2D eigenvalue weighted by atomic mass is 32.1. The maximum absolute atomic E-state index is 10.1. The lowest BCUT2D eigenvalue weighted by Crippen LogP contribution is -2.44. The molecule has 4 heterocycles. The SMILES string of the molecule is COC[C@@H](Nc1ncnc2cc(-c3ccc(CN4C5CCC4CC(O)C5)cc3)sc12)c1ccccc1. The Morgan fingerprint density at radius 1 is 1.06 bits per heavy atom. The summed E-state index contributed by atoms with van der Waals surface area (Å²) in [5, 5.41) is 13.7. The van der Waals surface area contributed by atoms with Gasteiger partial charge in [-0.25, -0.2) is 9.97 Å². The van der Waals surface area contributed by atoms with E-state index in [1.165, 1.54) is 28.8 Å². The van der Waals surface area contributed by atoms with Crippen molar-refractivity contribution in [2.24, 2.45) is 0 Å². The Morgan fingerprint density at radius 3 is 2.53 bits per heavy atom. The fraction of sp³-hybridized carbons (Fsp3) is 0.379. The summed E-state index contributed by atoms with van der Waals surface area (Å²) in [5.74, 6) is 0.835. The van der Waals surface area contributed by atoms with Gasteiger partial charge in [-0.3, -0.25) is 4.90 Å². The minimum atomic E-state index is -0.117. The molecule has 6 nitrogen and oxygen atoms in total. The molecule has 2 aliphatic rings. The molecular formula is C29H32N4O2S. The van der Waals surface area contributed by atoms with Gasteiger partial charge in [0, 0.05) is 30.6 Å². The highest BCUT2D eigenvalue weighted by Gasteiger charge is 2.39. The number of hydrogen-bond acceptors (Lipinski definition) is 7. The van der Waals surface area contributed by atoms with Crippen LogP contribution in [0.1, 0.15) is 42.9 Å². The van der Waals surface area contributed by atoms with Crippen molar-refractivity contribution in [3.05, 3.63) is 78.1 Å². The Morgan fingerprint density at radius 2 is 1.81 bits per heavy atom. The van der Waals surface area contributed by atoms with Gasteiger partial charge in [0.05, 0.1) is 29.0 Å². The number of anilines is 1. The van der Waals surface area contributed by atoms with Crippen LogP contribution in [0.5, 0.6) is 0 Å². The Kier molecular flexibility index (Phi) is 6.71. The molecule has 2 N–H and O–H groups in total. The molecule has 0 aliphatic carbocycles. The molecule has 0 radical (unpaired) electrons. The van der Waals surface area contributed by atoms with E-state index in [1.807, 2.05) is 18.2 Å². The number of rotatable bonds is 8. The van der Waals surface area contributed by atoms with E-state index < -0.39 is 0 Å². The molecule has 0 spiro atoms. The molecule has 2 aromatic heterocycles. The van der Waals surface area contributed by atoms with E-state index in [9.17, 15) is 5.11 Å². The maximum atomic E-state index is 10.1. The minimum absolute atomic E-state index is 0.00493. The van der Waals surface area contributed by atoms with Crippen LogP contribution in [0, 0.1) is 0 Å². The summed E-state index contributed by atoms with van der Waals surface area (Å²) >= 11 is 1.72. The third kappa shape index (κ3) is 4.76. The highest BCUT2D eigenvalue weighted by molar-refractivity contribution is 7.22. The fourth-order valence-electron chi connectivity index (χ4n) is 5.83. The second-order valence-electron chi connectivity index (χ2n) is 9.99. The predicted molar refractivity (Wildman–Crippen MR) is 145 cm³/mol. The zero-order valence-electron chi connectivity index (χ0n) is 20.5. The van der Waals surface area contributed by atoms with Crippen LogP contribution in [0.2, 0.25) is 0 Å². The van der Waals surface area contributed by atoms with Crippen LogP contribution in [-0.2, 0) is 11.3 Å². The summed E-state index contributed by atoms with van der Waals surface area (Å²) in [4.78, 5) is 12.9. The van der Waals surface area contributed by atoms with Gasteiger partial charge in [0.25, 0.3) is 0 Å². The number of thiophene rings is 1. The normalized spacial score (nSPS) is 22.7. The lowest BCUT2D eigenvalue weighted by atomic mass is 9.99. The molecule has 2 aliphatic heterocycles. The van der Waals surface area contributed by atoms with E-state index in [2.05, 4.69) is 62.6 Å². The number of aliphatic hydroxyl groups is 1. The second-order valence-corrected chi connectivity index (χ2v) is 11.0. The van der Waals surface area contributed by atoms with Gasteiger partial charge in [0.2, 0.25) is 0 Å². The molecule has 2 aromatic carbocycles. The predicted octanol–water partition coefficient (Wildman–Crippen LogP) is 5.65. The molecule has 186 valence electrons. The zero-order valence-corrected chi connectivity index (χ0v) is 21.3. The van der Waals surface area contributed by atoms with Gasteiger partial charge in [-0.2, -0.15) is 0 Å². The van der Waals surface area contributed by atoms with Gasteiger partial charge in [-0.15, -0.1) is 11.3 Å². The van der Waals surface area contributed by atoms with Crippen molar-refractivity contribution >= 4 is 27.4 Å². The summed E-state index contributed by atoms with van der Waals surface area (Å²) in [5.41, 5.74) is 4.64. The van der Waals surface area contributed by atoms with Crippen molar-refractivity contribution in [2.75, 3.05) is 19.0 Å². The van der Waals surface area contributed by atoms with E-state index in [-0.39, 0.29) is 12.1 Å². The van der Waals surface area contributed by atoms with Crippen LogP contribution < -0.4 is 5.32 Å². The van der Waals surface area contributed by atoms with E-state index in [0.717, 1.165) is 41.0 Å². The van der Waals surface area contributed by atoms with Gasteiger partial charge >= 0.3 is 0 Å². The molecule has 2 fully saturated rings. The second kappa shape index (κ2) is 10.3. The third-order valence-corrected chi connectivity index (χ3v) is 8.80. The van der Waals surface area contributed by atoms with Crippen LogP contribution in [0.3, 0.4) is 0 Å². The van der Waals surface area contributed by atoms with Crippen molar-refractivity contribution in [1.29, 1.82) is 0 Å². The molecular weight excluding hydrogens is 468 g/mol. The number of aromatic nitrogens is 2.